The molecule has 5 nitrogen and oxygen atoms in total. The van der Waals surface area contributed by atoms with Gasteiger partial charge in [0.1, 0.15) is 5.82 Å². The molecule has 0 spiro atoms. The fourth-order valence-corrected chi connectivity index (χ4v) is 2.81. The standard InChI is InChI=1S/C14H17N3O2/c1-16-7-4-6-11(16)13-15-9-12-10(14(18)19-2)5-3-8-17(12)13/h3,5,8-9,11H,4,6-7H2,1-2H3. The van der Waals surface area contributed by atoms with Crippen molar-refractivity contribution in [2.45, 2.75) is 18.9 Å². The average molecular weight is 259 g/mol. The molecule has 0 aromatic carbocycles. The van der Waals surface area contributed by atoms with Gasteiger partial charge in [-0.2, -0.15) is 0 Å². The Labute approximate surface area is 111 Å². The predicted molar refractivity (Wildman–Crippen MR) is 71.1 cm³/mol. The van der Waals surface area contributed by atoms with Crippen molar-refractivity contribution in [1.82, 2.24) is 14.3 Å². The maximum atomic E-state index is 11.7. The second-order valence-corrected chi connectivity index (χ2v) is 4.92. The highest BCUT2D eigenvalue weighted by molar-refractivity contribution is 5.96. The van der Waals surface area contributed by atoms with Crippen LogP contribution in [0.4, 0.5) is 0 Å². The van der Waals surface area contributed by atoms with E-state index < -0.39 is 0 Å². The van der Waals surface area contributed by atoms with Crippen molar-refractivity contribution >= 4 is 11.5 Å². The van der Waals surface area contributed by atoms with E-state index in [0.29, 0.717) is 11.6 Å². The lowest BCUT2D eigenvalue weighted by Gasteiger charge is -2.18. The summed E-state index contributed by atoms with van der Waals surface area (Å²) in [5.74, 6) is 0.678. The van der Waals surface area contributed by atoms with E-state index in [1.54, 1.807) is 12.3 Å². The third-order valence-corrected chi connectivity index (χ3v) is 3.82. The van der Waals surface area contributed by atoms with Crippen LogP contribution in [0.1, 0.15) is 35.1 Å². The second-order valence-electron chi connectivity index (χ2n) is 4.92. The SMILES string of the molecule is COC(=O)c1cccn2c(C3CCCN3C)ncc12. The quantitative estimate of drug-likeness (QED) is 0.773. The largest absolute Gasteiger partial charge is 0.465 e. The zero-order valence-corrected chi connectivity index (χ0v) is 11.2. The maximum Gasteiger partial charge on any atom is 0.340 e. The fourth-order valence-electron chi connectivity index (χ4n) is 2.81. The highest BCUT2D eigenvalue weighted by Crippen LogP contribution is 2.30. The molecule has 1 saturated heterocycles. The Hall–Kier alpha value is -1.88. The van der Waals surface area contributed by atoms with Crippen molar-refractivity contribution in [2.75, 3.05) is 20.7 Å². The molecular weight excluding hydrogens is 242 g/mol. The summed E-state index contributed by atoms with van der Waals surface area (Å²) in [4.78, 5) is 18.6. The molecule has 1 aliphatic heterocycles. The zero-order valence-electron chi connectivity index (χ0n) is 11.2. The van der Waals surface area contributed by atoms with Gasteiger partial charge in [-0.1, -0.05) is 0 Å². The molecule has 0 saturated carbocycles. The lowest BCUT2D eigenvalue weighted by atomic mass is 10.2. The van der Waals surface area contributed by atoms with Crippen molar-refractivity contribution in [3.63, 3.8) is 0 Å². The van der Waals surface area contributed by atoms with Crippen molar-refractivity contribution in [1.29, 1.82) is 0 Å². The number of fused-ring (bicyclic) bond motifs is 1. The Bertz CT molecular complexity index is 620. The first-order valence-electron chi connectivity index (χ1n) is 6.47. The minimum Gasteiger partial charge on any atom is -0.465 e. The molecule has 0 aliphatic carbocycles. The van der Waals surface area contributed by atoms with Crippen molar-refractivity contribution in [2.24, 2.45) is 0 Å². The van der Waals surface area contributed by atoms with E-state index in [0.717, 1.165) is 24.3 Å². The normalized spacial score (nSPS) is 20.0. The summed E-state index contributed by atoms with van der Waals surface area (Å²) in [7, 11) is 3.51. The van der Waals surface area contributed by atoms with Crippen LogP contribution in [-0.4, -0.2) is 41.0 Å². The first kappa shape index (κ1) is 12.2. The highest BCUT2D eigenvalue weighted by atomic mass is 16.5. The molecular formula is C14H17N3O2. The third kappa shape index (κ3) is 1.90. The first-order chi connectivity index (χ1) is 9.22. The predicted octanol–water partition coefficient (Wildman–Crippen LogP) is 1.89. The van der Waals surface area contributed by atoms with E-state index in [9.17, 15) is 4.79 Å². The number of likely N-dealkylation sites (tertiary alicyclic amines) is 1. The lowest BCUT2D eigenvalue weighted by Crippen LogP contribution is -2.19. The molecule has 5 heteroatoms. The highest BCUT2D eigenvalue weighted by Gasteiger charge is 2.27. The summed E-state index contributed by atoms with van der Waals surface area (Å²) in [5.41, 5.74) is 1.37. The number of methoxy groups -OCH3 is 1. The number of rotatable bonds is 2. The van der Waals surface area contributed by atoms with Crippen LogP contribution in [0.15, 0.2) is 24.5 Å². The number of esters is 1. The Morgan fingerprint density at radius 2 is 2.37 bits per heavy atom. The van der Waals surface area contributed by atoms with Crippen LogP contribution in [-0.2, 0) is 4.74 Å². The molecule has 100 valence electrons. The van der Waals surface area contributed by atoms with Crippen molar-refractivity contribution in [3.8, 4) is 0 Å². The summed E-state index contributed by atoms with van der Waals surface area (Å²) in [6.07, 6.45) is 6.01. The number of ether oxygens (including phenoxy) is 1. The molecule has 1 unspecified atom stereocenters. The van der Waals surface area contributed by atoms with E-state index in [1.807, 2.05) is 16.7 Å². The number of pyridine rings is 1. The molecule has 19 heavy (non-hydrogen) atoms. The number of imidazole rings is 1. The number of hydrogen-bond acceptors (Lipinski definition) is 4. The van der Waals surface area contributed by atoms with Gasteiger partial charge in [0.25, 0.3) is 0 Å². The van der Waals surface area contributed by atoms with Gasteiger partial charge in [0.05, 0.1) is 30.4 Å². The zero-order chi connectivity index (χ0) is 13.4. The number of carbonyl (C=O) groups excluding carboxylic acids is 1. The van der Waals surface area contributed by atoms with Crippen LogP contribution in [0.2, 0.25) is 0 Å². The van der Waals surface area contributed by atoms with Crippen molar-refractivity contribution in [3.05, 3.63) is 35.9 Å². The number of nitrogens with zero attached hydrogens (tertiary/aromatic N) is 3. The van der Waals surface area contributed by atoms with Gasteiger partial charge in [0, 0.05) is 6.20 Å². The topological polar surface area (TPSA) is 46.8 Å². The van der Waals surface area contributed by atoms with Crippen LogP contribution in [0.5, 0.6) is 0 Å². The van der Waals surface area contributed by atoms with Gasteiger partial charge in [-0.25, -0.2) is 9.78 Å². The molecule has 3 heterocycles. The maximum absolute atomic E-state index is 11.7. The Morgan fingerprint density at radius 3 is 3.05 bits per heavy atom. The monoisotopic (exact) mass is 259 g/mol. The number of aromatic nitrogens is 2. The molecule has 1 atom stereocenters. The van der Waals surface area contributed by atoms with Gasteiger partial charge in [0.2, 0.25) is 0 Å². The van der Waals surface area contributed by atoms with Crippen LogP contribution >= 0.6 is 0 Å². The first-order valence-corrected chi connectivity index (χ1v) is 6.47. The van der Waals surface area contributed by atoms with Crippen LogP contribution < -0.4 is 0 Å². The summed E-state index contributed by atoms with van der Waals surface area (Å²) < 4.78 is 6.81. The summed E-state index contributed by atoms with van der Waals surface area (Å²) in [6, 6.07) is 3.96. The second kappa shape index (κ2) is 4.66. The molecule has 0 radical (unpaired) electrons. The summed E-state index contributed by atoms with van der Waals surface area (Å²) >= 11 is 0. The lowest BCUT2D eigenvalue weighted by molar-refractivity contribution is 0.0602. The molecule has 0 amide bonds. The van der Waals surface area contributed by atoms with E-state index in [1.165, 1.54) is 13.5 Å². The van der Waals surface area contributed by atoms with Crippen LogP contribution in [0.3, 0.4) is 0 Å². The van der Waals surface area contributed by atoms with E-state index in [4.69, 9.17) is 4.74 Å². The molecule has 2 aromatic rings. The minimum atomic E-state index is -0.322. The van der Waals surface area contributed by atoms with E-state index >= 15 is 0 Å². The van der Waals surface area contributed by atoms with Gasteiger partial charge in [-0.15, -0.1) is 0 Å². The minimum absolute atomic E-state index is 0.322. The summed E-state index contributed by atoms with van der Waals surface area (Å²) in [5, 5.41) is 0. The number of carbonyl (C=O) groups is 1. The molecule has 2 aromatic heterocycles. The molecule has 0 bridgehead atoms. The number of hydrogen-bond donors (Lipinski definition) is 0. The summed E-state index contributed by atoms with van der Waals surface area (Å²) in [6.45, 7) is 1.09. The van der Waals surface area contributed by atoms with Gasteiger partial charge >= 0.3 is 5.97 Å². The van der Waals surface area contributed by atoms with Gasteiger partial charge < -0.3 is 9.14 Å². The molecule has 0 N–H and O–H groups in total. The van der Waals surface area contributed by atoms with Crippen LogP contribution in [0, 0.1) is 0 Å². The fraction of sp³-hybridized carbons (Fsp3) is 0.429. The van der Waals surface area contributed by atoms with E-state index in [2.05, 4.69) is 16.9 Å². The van der Waals surface area contributed by atoms with Crippen LogP contribution in [0.25, 0.3) is 5.52 Å². The molecule has 3 rings (SSSR count). The van der Waals surface area contributed by atoms with E-state index in [-0.39, 0.29) is 5.97 Å². The third-order valence-electron chi connectivity index (χ3n) is 3.82. The van der Waals surface area contributed by atoms with Crippen molar-refractivity contribution < 1.29 is 9.53 Å². The molecule has 1 fully saturated rings. The molecule has 1 aliphatic rings. The average Bonchev–Trinajstić information content (AvgIpc) is 3.03. The smallest absolute Gasteiger partial charge is 0.340 e. The Morgan fingerprint density at radius 1 is 1.53 bits per heavy atom. The van der Waals surface area contributed by atoms with Gasteiger partial charge in [-0.05, 0) is 38.6 Å². The Balaban J connectivity index is 2.11. The van der Waals surface area contributed by atoms with Gasteiger partial charge in [0.15, 0.2) is 0 Å². The Kier molecular flexibility index (Phi) is 2.98. The van der Waals surface area contributed by atoms with Gasteiger partial charge in [-0.3, -0.25) is 4.90 Å².